The maximum atomic E-state index is 11.8. The molecule has 0 aliphatic rings. The summed E-state index contributed by atoms with van der Waals surface area (Å²) >= 11 is 1.49. The summed E-state index contributed by atoms with van der Waals surface area (Å²) in [4.78, 5) is 4.73. The predicted molar refractivity (Wildman–Crippen MR) is 113 cm³/mol. The second-order valence-electron chi connectivity index (χ2n) is 6.79. The zero-order chi connectivity index (χ0) is 20.1. The zero-order valence-corrected chi connectivity index (χ0v) is 17.3. The number of aromatic nitrogens is 2. The number of aryl methyl sites for hydroxylation is 1. The highest BCUT2D eigenvalue weighted by atomic mass is 32.2. The normalized spacial score (nSPS) is 12.2. The monoisotopic (exact) mass is 416 g/mol. The molecule has 0 aliphatic carbocycles. The summed E-state index contributed by atoms with van der Waals surface area (Å²) in [6.45, 7) is 3.81. The van der Waals surface area contributed by atoms with Crippen LogP contribution in [0.1, 0.15) is 13.8 Å². The van der Waals surface area contributed by atoms with Crippen molar-refractivity contribution in [1.29, 1.82) is 0 Å². The highest BCUT2D eigenvalue weighted by Crippen LogP contribution is 2.36. The Bertz CT molecular complexity index is 1290. The van der Waals surface area contributed by atoms with Crippen LogP contribution < -0.4 is 15.2 Å². The maximum absolute atomic E-state index is 11.8. The summed E-state index contributed by atoms with van der Waals surface area (Å²) in [5.74, 6) is 0.534. The summed E-state index contributed by atoms with van der Waals surface area (Å²) in [5.41, 5.74) is 2.51. The van der Waals surface area contributed by atoms with E-state index < -0.39 is 10.0 Å². The molecular formula is C19H20N4O3S2. The van der Waals surface area contributed by atoms with Crippen molar-refractivity contribution >= 4 is 53.3 Å². The average Bonchev–Trinajstić information content (AvgIpc) is 3.18. The molecule has 2 heterocycles. The Morgan fingerprint density at radius 1 is 1.21 bits per heavy atom. The summed E-state index contributed by atoms with van der Waals surface area (Å²) < 4.78 is 32.4. The van der Waals surface area contributed by atoms with Crippen LogP contribution in [0.15, 0.2) is 47.5 Å². The number of sulfonamides is 1. The number of rotatable bonds is 5. The van der Waals surface area contributed by atoms with E-state index in [1.807, 2.05) is 43.8 Å². The number of anilines is 2. The second kappa shape index (κ2) is 6.77. The molecule has 0 saturated heterocycles. The smallest absolute Gasteiger partial charge is 0.238 e. The lowest BCUT2D eigenvalue weighted by atomic mass is 10.2. The van der Waals surface area contributed by atoms with Crippen molar-refractivity contribution in [1.82, 2.24) is 9.55 Å². The van der Waals surface area contributed by atoms with E-state index in [1.165, 1.54) is 23.5 Å². The van der Waals surface area contributed by atoms with Crippen LogP contribution in [0.25, 0.3) is 21.1 Å². The van der Waals surface area contributed by atoms with E-state index >= 15 is 0 Å². The Morgan fingerprint density at radius 2 is 2.00 bits per heavy atom. The molecule has 0 aliphatic heterocycles. The van der Waals surface area contributed by atoms with E-state index in [1.54, 1.807) is 6.07 Å². The van der Waals surface area contributed by atoms with Crippen LogP contribution in [0.5, 0.6) is 5.75 Å². The molecule has 0 unspecified atom stereocenters. The lowest BCUT2D eigenvalue weighted by Gasteiger charge is -2.15. The number of hydrogen-bond acceptors (Lipinski definition) is 6. The molecule has 0 saturated carbocycles. The van der Waals surface area contributed by atoms with Gasteiger partial charge in [-0.15, -0.1) is 0 Å². The molecule has 4 aromatic rings. The van der Waals surface area contributed by atoms with Crippen molar-refractivity contribution in [2.75, 3.05) is 5.32 Å². The van der Waals surface area contributed by atoms with E-state index in [0.717, 1.165) is 21.1 Å². The molecule has 3 N–H and O–H groups in total. The van der Waals surface area contributed by atoms with Crippen LogP contribution in [-0.4, -0.2) is 24.1 Å². The Balaban J connectivity index is 1.79. The quantitative estimate of drug-likeness (QED) is 0.513. The van der Waals surface area contributed by atoms with Gasteiger partial charge in [-0.2, -0.15) is 0 Å². The lowest BCUT2D eigenvalue weighted by molar-refractivity contribution is 0.243. The fourth-order valence-electron chi connectivity index (χ4n) is 3.05. The third-order valence-corrected chi connectivity index (χ3v) is 6.15. The number of thiazole rings is 1. The van der Waals surface area contributed by atoms with Gasteiger partial charge in [-0.25, -0.2) is 18.5 Å². The summed E-state index contributed by atoms with van der Waals surface area (Å²) in [7, 11) is -1.83. The third-order valence-electron chi connectivity index (χ3n) is 4.31. The van der Waals surface area contributed by atoms with Gasteiger partial charge in [0.25, 0.3) is 0 Å². The average molecular weight is 417 g/mol. The van der Waals surface area contributed by atoms with Gasteiger partial charge in [-0.3, -0.25) is 0 Å². The fourth-order valence-corrected chi connectivity index (χ4v) is 4.49. The van der Waals surface area contributed by atoms with Gasteiger partial charge in [-0.05, 0) is 50.2 Å². The first-order chi connectivity index (χ1) is 13.2. The number of nitrogens with zero attached hydrogens (tertiary/aromatic N) is 2. The van der Waals surface area contributed by atoms with Gasteiger partial charge in [0.05, 0.1) is 32.4 Å². The van der Waals surface area contributed by atoms with Crippen molar-refractivity contribution in [3.8, 4) is 5.75 Å². The van der Waals surface area contributed by atoms with Gasteiger partial charge in [0.15, 0.2) is 5.13 Å². The molecule has 4 rings (SSSR count). The highest BCUT2D eigenvalue weighted by Gasteiger charge is 2.16. The molecule has 28 heavy (non-hydrogen) atoms. The minimum Gasteiger partial charge on any atom is -0.489 e. The van der Waals surface area contributed by atoms with E-state index in [4.69, 9.17) is 14.9 Å². The number of hydrogen-bond donors (Lipinski definition) is 2. The zero-order valence-electron chi connectivity index (χ0n) is 15.6. The summed E-state index contributed by atoms with van der Waals surface area (Å²) in [5, 5.41) is 10.2. The largest absolute Gasteiger partial charge is 0.489 e. The molecule has 0 fully saturated rings. The number of primary sulfonamides is 1. The van der Waals surface area contributed by atoms with Gasteiger partial charge in [0, 0.05) is 18.6 Å². The van der Waals surface area contributed by atoms with Crippen LogP contribution in [0.4, 0.5) is 10.8 Å². The Hall–Kier alpha value is -2.62. The Kier molecular flexibility index (Phi) is 4.53. The number of nitrogens with one attached hydrogen (secondary N) is 1. The summed E-state index contributed by atoms with van der Waals surface area (Å²) in [6.07, 6.45) is 1.93. The first-order valence-electron chi connectivity index (χ1n) is 8.67. The standard InChI is InChI=1S/C19H20N4O3S2/c1-11(2)26-16-6-4-12(28(20,24)25)10-14(16)21-19-22-18-13-8-9-23(3)15(13)5-7-17(18)27-19/h4-11H,1-3H3,(H,21,22)(H2,20,24,25). The van der Waals surface area contributed by atoms with Gasteiger partial charge in [-0.1, -0.05) is 11.3 Å². The van der Waals surface area contributed by atoms with E-state index in [9.17, 15) is 8.42 Å². The first kappa shape index (κ1) is 18.7. The number of nitrogens with two attached hydrogens (primary N) is 1. The summed E-state index contributed by atoms with van der Waals surface area (Å²) in [6, 6.07) is 10.6. The van der Waals surface area contributed by atoms with E-state index in [-0.39, 0.29) is 11.0 Å². The minimum atomic E-state index is -3.83. The molecule has 0 bridgehead atoms. The molecule has 0 radical (unpaired) electrons. The molecule has 2 aromatic carbocycles. The van der Waals surface area contributed by atoms with Crippen molar-refractivity contribution in [3.63, 3.8) is 0 Å². The van der Waals surface area contributed by atoms with E-state index in [0.29, 0.717) is 16.6 Å². The van der Waals surface area contributed by atoms with Crippen LogP contribution in [-0.2, 0) is 17.1 Å². The number of benzene rings is 2. The Labute approximate surface area is 166 Å². The van der Waals surface area contributed by atoms with Crippen LogP contribution in [0.3, 0.4) is 0 Å². The molecule has 0 spiro atoms. The predicted octanol–water partition coefficient (Wildman–Crippen LogP) is 3.97. The fraction of sp³-hybridized carbons (Fsp3) is 0.211. The van der Waals surface area contributed by atoms with Gasteiger partial charge >= 0.3 is 0 Å². The lowest BCUT2D eigenvalue weighted by Crippen LogP contribution is -2.13. The first-order valence-corrected chi connectivity index (χ1v) is 11.0. The van der Waals surface area contributed by atoms with Crippen molar-refractivity contribution in [2.24, 2.45) is 12.2 Å². The third kappa shape index (κ3) is 3.44. The highest BCUT2D eigenvalue weighted by molar-refractivity contribution is 7.89. The van der Waals surface area contributed by atoms with E-state index in [2.05, 4.69) is 11.4 Å². The van der Waals surface area contributed by atoms with Crippen molar-refractivity contribution < 1.29 is 13.2 Å². The van der Waals surface area contributed by atoms with Crippen molar-refractivity contribution in [3.05, 3.63) is 42.6 Å². The molecule has 7 nitrogen and oxygen atoms in total. The molecule has 146 valence electrons. The van der Waals surface area contributed by atoms with Crippen LogP contribution >= 0.6 is 11.3 Å². The van der Waals surface area contributed by atoms with Gasteiger partial charge < -0.3 is 14.6 Å². The number of fused-ring (bicyclic) bond motifs is 3. The Morgan fingerprint density at radius 3 is 2.71 bits per heavy atom. The molecule has 0 amide bonds. The second-order valence-corrected chi connectivity index (χ2v) is 9.38. The topological polar surface area (TPSA) is 99.2 Å². The number of ether oxygens (including phenoxy) is 1. The molecule has 9 heteroatoms. The molecule has 0 atom stereocenters. The molecule has 2 aromatic heterocycles. The SMILES string of the molecule is CC(C)Oc1ccc(S(N)(=O)=O)cc1Nc1nc2c(ccc3c2ccn3C)s1. The van der Waals surface area contributed by atoms with Gasteiger partial charge in [0.1, 0.15) is 5.75 Å². The molecular weight excluding hydrogens is 396 g/mol. The van der Waals surface area contributed by atoms with Crippen molar-refractivity contribution in [2.45, 2.75) is 24.8 Å². The van der Waals surface area contributed by atoms with Gasteiger partial charge in [0.2, 0.25) is 10.0 Å². The van der Waals surface area contributed by atoms with Crippen LogP contribution in [0.2, 0.25) is 0 Å². The maximum Gasteiger partial charge on any atom is 0.238 e. The minimum absolute atomic E-state index is 0.0117. The van der Waals surface area contributed by atoms with Crippen LogP contribution in [0, 0.1) is 0 Å².